The van der Waals surface area contributed by atoms with Gasteiger partial charge in [-0.1, -0.05) is 35.9 Å². The molecule has 5 nitrogen and oxygen atoms in total. The first-order chi connectivity index (χ1) is 10.1. The summed E-state index contributed by atoms with van der Waals surface area (Å²) in [4.78, 5) is 19.6. The zero-order valence-electron chi connectivity index (χ0n) is 12.2. The van der Waals surface area contributed by atoms with Gasteiger partial charge in [0.2, 0.25) is 0 Å². The fourth-order valence-corrected chi connectivity index (χ4v) is 1.95. The Labute approximate surface area is 123 Å². The van der Waals surface area contributed by atoms with Gasteiger partial charge in [-0.05, 0) is 6.92 Å². The molecule has 0 aliphatic rings. The summed E-state index contributed by atoms with van der Waals surface area (Å²) in [6.45, 7) is 2.33. The van der Waals surface area contributed by atoms with Gasteiger partial charge >= 0.3 is 0 Å². The molecule has 1 aromatic carbocycles. The van der Waals surface area contributed by atoms with Crippen LogP contribution in [0.5, 0.6) is 0 Å². The van der Waals surface area contributed by atoms with E-state index in [1.54, 1.807) is 10.8 Å². The zero-order valence-corrected chi connectivity index (χ0v) is 12.2. The first-order valence-corrected chi connectivity index (χ1v) is 6.64. The number of nitrogens with zero attached hydrogens (tertiary/aromatic N) is 3. The lowest BCUT2D eigenvalue weighted by Gasteiger charge is -2.05. The molecule has 0 unspecified atom stereocenters. The predicted molar refractivity (Wildman–Crippen MR) is 83.8 cm³/mol. The molecule has 0 bridgehead atoms. The van der Waals surface area contributed by atoms with Gasteiger partial charge in [0.05, 0.1) is 11.1 Å². The molecule has 0 saturated carbocycles. The molecule has 0 atom stereocenters. The van der Waals surface area contributed by atoms with Crippen LogP contribution in [0.3, 0.4) is 0 Å². The van der Waals surface area contributed by atoms with Gasteiger partial charge in [-0.15, -0.1) is 0 Å². The van der Waals surface area contributed by atoms with E-state index in [-0.39, 0.29) is 12.0 Å². The number of fused-ring (bicyclic) bond motifs is 1. The molecule has 2 heterocycles. The molecule has 0 aliphatic heterocycles. The van der Waals surface area contributed by atoms with E-state index in [1.807, 2.05) is 25.2 Å². The smallest absolute Gasteiger partial charge is 0.192 e. The lowest BCUT2D eigenvalue weighted by molar-refractivity contribution is 0.905. The average molecular weight is 282 g/mol. The number of hydrogen-bond acceptors (Lipinski definition) is 4. The van der Waals surface area contributed by atoms with Crippen LogP contribution in [0, 0.1) is 6.92 Å². The second kappa shape index (κ2) is 6.76. The minimum atomic E-state index is -0.0841. The quantitative estimate of drug-likeness (QED) is 0.738. The van der Waals surface area contributed by atoms with E-state index in [9.17, 15) is 4.79 Å². The average Bonchev–Trinajstić information content (AvgIpc) is 2.52. The summed E-state index contributed by atoms with van der Waals surface area (Å²) in [6.07, 6.45) is 3.10. The first-order valence-electron chi connectivity index (χ1n) is 6.64. The Kier molecular flexibility index (Phi) is 4.79. The maximum Gasteiger partial charge on any atom is 0.192 e. The Morgan fingerprint density at radius 3 is 2.43 bits per heavy atom. The Bertz CT molecular complexity index is 781. The second-order valence-corrected chi connectivity index (χ2v) is 4.67. The van der Waals surface area contributed by atoms with Gasteiger partial charge in [-0.3, -0.25) is 4.79 Å². The van der Waals surface area contributed by atoms with Crippen LogP contribution in [-0.4, -0.2) is 14.5 Å². The summed E-state index contributed by atoms with van der Waals surface area (Å²) >= 11 is 0. The zero-order chi connectivity index (χ0) is 15.2. The fourth-order valence-electron chi connectivity index (χ4n) is 1.95. The first kappa shape index (κ1) is 14.9. The summed E-state index contributed by atoms with van der Waals surface area (Å²) in [5.41, 5.74) is 7.95. The number of pyridine rings is 1. The van der Waals surface area contributed by atoms with Crippen molar-refractivity contribution < 1.29 is 0 Å². The Morgan fingerprint density at radius 1 is 1.14 bits per heavy atom. The maximum absolute atomic E-state index is 11.6. The van der Waals surface area contributed by atoms with Crippen molar-refractivity contribution >= 4 is 11.0 Å². The monoisotopic (exact) mass is 282 g/mol. The van der Waals surface area contributed by atoms with Crippen molar-refractivity contribution in [3.05, 3.63) is 70.4 Å². The molecular weight excluding hydrogens is 264 g/mol. The van der Waals surface area contributed by atoms with Gasteiger partial charge in [0.1, 0.15) is 12.0 Å². The van der Waals surface area contributed by atoms with Crippen LogP contribution in [0.25, 0.3) is 11.0 Å². The van der Waals surface area contributed by atoms with Crippen LogP contribution in [0.2, 0.25) is 0 Å². The Hall–Kier alpha value is -2.53. The predicted octanol–water partition coefficient (Wildman–Crippen LogP) is 1.78. The molecule has 0 saturated heterocycles. The van der Waals surface area contributed by atoms with Crippen LogP contribution in [0.15, 0.2) is 53.7 Å². The van der Waals surface area contributed by atoms with Gasteiger partial charge in [0.25, 0.3) is 0 Å². The highest BCUT2D eigenvalue weighted by molar-refractivity contribution is 5.77. The fraction of sp³-hybridized carbons (Fsp3) is 0.188. The lowest BCUT2D eigenvalue weighted by atomic mass is 10.2. The molecule has 108 valence electrons. The van der Waals surface area contributed by atoms with Gasteiger partial charge in [-0.2, -0.15) is 0 Å². The molecule has 0 amide bonds. The van der Waals surface area contributed by atoms with Gasteiger partial charge in [0, 0.05) is 25.9 Å². The summed E-state index contributed by atoms with van der Waals surface area (Å²) < 4.78 is 1.78. The Morgan fingerprint density at radius 2 is 1.86 bits per heavy atom. The van der Waals surface area contributed by atoms with Crippen LogP contribution in [-0.2, 0) is 13.6 Å². The molecule has 2 N–H and O–H groups in total. The van der Waals surface area contributed by atoms with E-state index >= 15 is 0 Å². The van der Waals surface area contributed by atoms with Crippen molar-refractivity contribution in [2.75, 3.05) is 0 Å². The van der Waals surface area contributed by atoms with E-state index < -0.39 is 0 Å². The van der Waals surface area contributed by atoms with Crippen LogP contribution in [0.1, 0.15) is 11.3 Å². The maximum atomic E-state index is 11.6. The number of aryl methyl sites for hydroxylation is 2. The largest absolute Gasteiger partial charge is 0.335 e. The number of aromatic nitrogens is 3. The summed E-state index contributed by atoms with van der Waals surface area (Å²) in [6, 6.07) is 11.8. The summed E-state index contributed by atoms with van der Waals surface area (Å²) in [5.74, 6) is 0. The SMILES string of the molecule is Cc1ccccc1.Cn1ccc(=O)c2c(CN)ncnc21. The number of rotatable bonds is 1. The van der Waals surface area contributed by atoms with E-state index in [0.717, 1.165) is 0 Å². The molecule has 21 heavy (non-hydrogen) atoms. The summed E-state index contributed by atoms with van der Waals surface area (Å²) in [5, 5.41) is 0.514. The highest BCUT2D eigenvalue weighted by atomic mass is 16.1. The topological polar surface area (TPSA) is 73.8 Å². The van der Waals surface area contributed by atoms with Crippen molar-refractivity contribution in [3.63, 3.8) is 0 Å². The number of nitrogens with two attached hydrogens (primary N) is 1. The normalized spacial score (nSPS) is 10.0. The van der Waals surface area contributed by atoms with Crippen LogP contribution < -0.4 is 11.2 Å². The highest BCUT2D eigenvalue weighted by Crippen LogP contribution is 2.07. The van der Waals surface area contributed by atoms with E-state index in [1.165, 1.54) is 18.0 Å². The van der Waals surface area contributed by atoms with Crippen molar-refractivity contribution in [2.45, 2.75) is 13.5 Å². The van der Waals surface area contributed by atoms with Crippen molar-refractivity contribution in [2.24, 2.45) is 12.8 Å². The van der Waals surface area contributed by atoms with Gasteiger partial charge < -0.3 is 10.3 Å². The minimum absolute atomic E-state index is 0.0841. The number of hydrogen-bond donors (Lipinski definition) is 1. The van der Waals surface area contributed by atoms with Crippen LogP contribution in [0.4, 0.5) is 0 Å². The standard InChI is InChI=1S/C9H10N4O.C7H8/c1-13-3-2-7(14)8-6(4-10)11-5-12-9(8)13;1-7-5-3-2-4-6-7/h2-3,5H,4,10H2,1H3;2-6H,1H3. The highest BCUT2D eigenvalue weighted by Gasteiger charge is 2.06. The number of benzene rings is 1. The third kappa shape index (κ3) is 3.52. The molecular formula is C16H18N4O. The van der Waals surface area contributed by atoms with Crippen molar-refractivity contribution in [3.8, 4) is 0 Å². The summed E-state index contributed by atoms with van der Waals surface area (Å²) in [7, 11) is 1.83. The van der Waals surface area contributed by atoms with E-state index in [4.69, 9.17) is 5.73 Å². The molecule has 5 heteroatoms. The Balaban J connectivity index is 0.000000194. The molecule has 2 aromatic heterocycles. The van der Waals surface area contributed by atoms with Gasteiger partial charge in [-0.25, -0.2) is 9.97 Å². The second-order valence-electron chi connectivity index (χ2n) is 4.67. The lowest BCUT2D eigenvalue weighted by Crippen LogP contribution is -2.12. The molecule has 0 spiro atoms. The van der Waals surface area contributed by atoms with Crippen LogP contribution >= 0.6 is 0 Å². The molecule has 0 aliphatic carbocycles. The van der Waals surface area contributed by atoms with E-state index in [0.29, 0.717) is 16.7 Å². The van der Waals surface area contributed by atoms with Crippen molar-refractivity contribution in [1.82, 2.24) is 14.5 Å². The molecule has 0 radical (unpaired) electrons. The third-order valence-electron chi connectivity index (χ3n) is 3.07. The van der Waals surface area contributed by atoms with Gasteiger partial charge in [0.15, 0.2) is 5.43 Å². The molecule has 3 aromatic rings. The molecule has 0 fully saturated rings. The molecule has 3 rings (SSSR count). The van der Waals surface area contributed by atoms with Crippen molar-refractivity contribution in [1.29, 1.82) is 0 Å². The van der Waals surface area contributed by atoms with E-state index in [2.05, 4.69) is 29.0 Å². The third-order valence-corrected chi connectivity index (χ3v) is 3.07. The minimum Gasteiger partial charge on any atom is -0.335 e.